The maximum absolute atomic E-state index is 13.5. The zero-order chi connectivity index (χ0) is 15.2. The molecule has 0 amide bonds. The van der Waals surface area contributed by atoms with Crippen molar-refractivity contribution in [1.82, 2.24) is 5.32 Å². The Kier molecular flexibility index (Phi) is 6.03. The molecule has 0 saturated carbocycles. The van der Waals surface area contributed by atoms with Gasteiger partial charge >= 0.3 is 0 Å². The van der Waals surface area contributed by atoms with E-state index in [1.54, 1.807) is 0 Å². The molecule has 0 aromatic heterocycles. The van der Waals surface area contributed by atoms with Crippen LogP contribution in [0.1, 0.15) is 11.1 Å². The summed E-state index contributed by atoms with van der Waals surface area (Å²) in [6.45, 7) is 1.29. The number of benzene rings is 2. The Morgan fingerprint density at radius 1 is 1.24 bits per heavy atom. The Balaban J connectivity index is 2.11. The standard InChI is InChI=1S/C16H16BrClFNO/c1-20-7-6-11-4-2-3-5-12(11)10-21-16-9-15(19)14(18)8-13(16)17/h2-5,8-9,20H,6-7,10H2,1H3. The molecular weight excluding hydrogens is 357 g/mol. The maximum Gasteiger partial charge on any atom is 0.145 e. The van der Waals surface area contributed by atoms with Crippen molar-refractivity contribution in [3.63, 3.8) is 0 Å². The van der Waals surface area contributed by atoms with Gasteiger partial charge in [-0.2, -0.15) is 0 Å². The van der Waals surface area contributed by atoms with E-state index in [9.17, 15) is 4.39 Å². The first-order valence-electron chi connectivity index (χ1n) is 6.60. The first-order valence-corrected chi connectivity index (χ1v) is 7.77. The number of nitrogens with one attached hydrogen (secondary N) is 1. The van der Waals surface area contributed by atoms with Crippen molar-refractivity contribution in [2.24, 2.45) is 0 Å². The Morgan fingerprint density at radius 2 is 1.95 bits per heavy atom. The first kappa shape index (κ1) is 16.3. The Hall–Kier alpha value is -1.10. The zero-order valence-corrected chi connectivity index (χ0v) is 14.0. The van der Waals surface area contributed by atoms with E-state index in [1.165, 1.54) is 17.7 Å². The maximum atomic E-state index is 13.5. The third kappa shape index (κ3) is 4.43. The highest BCUT2D eigenvalue weighted by molar-refractivity contribution is 9.10. The van der Waals surface area contributed by atoms with Crippen LogP contribution in [-0.4, -0.2) is 13.6 Å². The molecule has 0 radical (unpaired) electrons. The van der Waals surface area contributed by atoms with Crippen molar-refractivity contribution < 1.29 is 9.13 Å². The molecule has 2 rings (SSSR count). The molecule has 2 aromatic rings. The zero-order valence-electron chi connectivity index (χ0n) is 11.6. The molecule has 0 spiro atoms. The van der Waals surface area contributed by atoms with Crippen LogP contribution in [0.15, 0.2) is 40.9 Å². The lowest BCUT2D eigenvalue weighted by atomic mass is 10.1. The summed E-state index contributed by atoms with van der Waals surface area (Å²) in [5.74, 6) is -0.0429. The number of rotatable bonds is 6. The van der Waals surface area contributed by atoms with E-state index in [2.05, 4.69) is 27.3 Å². The summed E-state index contributed by atoms with van der Waals surface area (Å²) in [7, 11) is 1.92. The molecular formula is C16H16BrClFNO. The van der Waals surface area contributed by atoms with Gasteiger partial charge in [-0.05, 0) is 53.1 Å². The van der Waals surface area contributed by atoms with Crippen LogP contribution in [0.4, 0.5) is 4.39 Å². The van der Waals surface area contributed by atoms with Crippen molar-refractivity contribution in [2.75, 3.05) is 13.6 Å². The van der Waals surface area contributed by atoms with Gasteiger partial charge < -0.3 is 10.1 Å². The average molecular weight is 373 g/mol. The molecule has 2 nitrogen and oxygen atoms in total. The lowest BCUT2D eigenvalue weighted by Crippen LogP contribution is -2.12. The molecule has 0 aliphatic rings. The fourth-order valence-electron chi connectivity index (χ4n) is 1.97. The van der Waals surface area contributed by atoms with Crippen molar-refractivity contribution in [3.8, 4) is 5.75 Å². The topological polar surface area (TPSA) is 21.3 Å². The summed E-state index contributed by atoms with van der Waals surface area (Å²) in [6, 6.07) is 10.9. The van der Waals surface area contributed by atoms with E-state index in [-0.39, 0.29) is 5.02 Å². The van der Waals surface area contributed by atoms with Crippen LogP contribution in [0, 0.1) is 5.82 Å². The van der Waals surface area contributed by atoms with E-state index in [4.69, 9.17) is 16.3 Å². The van der Waals surface area contributed by atoms with E-state index in [1.807, 2.05) is 25.2 Å². The summed E-state index contributed by atoms with van der Waals surface area (Å²) in [4.78, 5) is 0. The number of ether oxygens (including phenoxy) is 1. The van der Waals surface area contributed by atoms with Crippen LogP contribution in [0.25, 0.3) is 0 Å². The minimum Gasteiger partial charge on any atom is -0.488 e. The Bertz CT molecular complexity index is 621. The molecule has 112 valence electrons. The molecule has 5 heteroatoms. The molecule has 1 N–H and O–H groups in total. The first-order chi connectivity index (χ1) is 10.1. The molecule has 21 heavy (non-hydrogen) atoms. The van der Waals surface area contributed by atoms with Crippen molar-refractivity contribution in [2.45, 2.75) is 13.0 Å². The van der Waals surface area contributed by atoms with Crippen LogP contribution in [0.2, 0.25) is 5.02 Å². The van der Waals surface area contributed by atoms with Crippen molar-refractivity contribution >= 4 is 27.5 Å². The summed E-state index contributed by atoms with van der Waals surface area (Å²) >= 11 is 9.05. The molecule has 2 aromatic carbocycles. The molecule has 0 atom stereocenters. The number of hydrogen-bond donors (Lipinski definition) is 1. The van der Waals surface area contributed by atoms with Gasteiger partial charge in [-0.25, -0.2) is 4.39 Å². The third-order valence-corrected chi connectivity index (χ3v) is 4.03. The minimum absolute atomic E-state index is 0.0728. The highest BCUT2D eigenvalue weighted by Crippen LogP contribution is 2.31. The van der Waals surface area contributed by atoms with Gasteiger partial charge in [-0.15, -0.1) is 0 Å². The molecule has 0 saturated heterocycles. The van der Waals surface area contributed by atoms with Crippen LogP contribution >= 0.6 is 27.5 Å². The Morgan fingerprint density at radius 3 is 2.67 bits per heavy atom. The second-order valence-corrected chi connectivity index (χ2v) is 5.87. The quantitative estimate of drug-likeness (QED) is 0.749. The van der Waals surface area contributed by atoms with Gasteiger partial charge in [-0.1, -0.05) is 35.9 Å². The van der Waals surface area contributed by atoms with Gasteiger partial charge in [0.25, 0.3) is 0 Å². The van der Waals surface area contributed by atoms with E-state index >= 15 is 0 Å². The van der Waals surface area contributed by atoms with Gasteiger partial charge in [0.05, 0.1) is 9.50 Å². The summed E-state index contributed by atoms with van der Waals surface area (Å²) < 4.78 is 19.8. The van der Waals surface area contributed by atoms with Gasteiger partial charge in [0.15, 0.2) is 0 Å². The fourth-order valence-corrected chi connectivity index (χ4v) is 2.73. The monoisotopic (exact) mass is 371 g/mol. The normalized spacial score (nSPS) is 10.7. The molecule has 0 heterocycles. The molecule has 0 fully saturated rings. The van der Waals surface area contributed by atoms with Crippen LogP contribution in [-0.2, 0) is 13.0 Å². The average Bonchev–Trinajstić information content (AvgIpc) is 2.48. The Labute approximate surface area is 137 Å². The molecule has 0 aliphatic carbocycles. The minimum atomic E-state index is -0.488. The van der Waals surface area contributed by atoms with Crippen molar-refractivity contribution in [1.29, 1.82) is 0 Å². The smallest absolute Gasteiger partial charge is 0.145 e. The fraction of sp³-hybridized carbons (Fsp3) is 0.250. The highest BCUT2D eigenvalue weighted by Gasteiger charge is 2.09. The van der Waals surface area contributed by atoms with Crippen LogP contribution in [0.5, 0.6) is 5.75 Å². The third-order valence-electron chi connectivity index (χ3n) is 3.12. The van der Waals surface area contributed by atoms with Crippen LogP contribution in [0.3, 0.4) is 0 Å². The molecule has 0 unspecified atom stereocenters. The second kappa shape index (κ2) is 7.78. The highest BCUT2D eigenvalue weighted by atomic mass is 79.9. The van der Waals surface area contributed by atoms with Gasteiger partial charge in [-0.3, -0.25) is 0 Å². The number of likely N-dealkylation sites (N-methyl/N-ethyl adjacent to an activating group) is 1. The van der Waals surface area contributed by atoms with E-state index in [0.29, 0.717) is 16.8 Å². The SMILES string of the molecule is CNCCc1ccccc1COc1cc(F)c(Cl)cc1Br. The molecule has 0 bridgehead atoms. The lowest BCUT2D eigenvalue weighted by Gasteiger charge is -2.12. The largest absolute Gasteiger partial charge is 0.488 e. The van der Waals surface area contributed by atoms with Gasteiger partial charge in [0, 0.05) is 6.07 Å². The second-order valence-electron chi connectivity index (χ2n) is 4.61. The summed E-state index contributed by atoms with van der Waals surface area (Å²) in [5.41, 5.74) is 2.31. The predicted octanol–water partition coefficient (Wildman–Crippen LogP) is 4.58. The van der Waals surface area contributed by atoms with Gasteiger partial charge in [0.1, 0.15) is 18.2 Å². The summed E-state index contributed by atoms with van der Waals surface area (Å²) in [5, 5.41) is 3.20. The number of halogens is 3. The van der Waals surface area contributed by atoms with Crippen molar-refractivity contribution in [3.05, 3.63) is 62.8 Å². The van der Waals surface area contributed by atoms with Crippen LogP contribution < -0.4 is 10.1 Å². The molecule has 0 aliphatic heterocycles. The number of hydrogen-bond acceptors (Lipinski definition) is 2. The summed E-state index contributed by atoms with van der Waals surface area (Å²) in [6.07, 6.45) is 0.923. The predicted molar refractivity (Wildman–Crippen MR) is 87.5 cm³/mol. The lowest BCUT2D eigenvalue weighted by molar-refractivity contribution is 0.301. The van der Waals surface area contributed by atoms with E-state index < -0.39 is 5.82 Å². The van der Waals surface area contributed by atoms with Gasteiger partial charge in [0.2, 0.25) is 0 Å². The van der Waals surface area contributed by atoms with E-state index in [0.717, 1.165) is 18.5 Å².